The van der Waals surface area contributed by atoms with E-state index in [1.54, 1.807) is 0 Å². The van der Waals surface area contributed by atoms with Gasteiger partial charge in [0.2, 0.25) is 0 Å². The molecule has 0 saturated carbocycles. The van der Waals surface area contributed by atoms with Gasteiger partial charge in [-0.3, -0.25) is 0 Å². The Morgan fingerprint density at radius 2 is 1.06 bits per heavy atom. The van der Waals surface area contributed by atoms with Crippen molar-refractivity contribution in [3.8, 4) is 51.0 Å². The molecular weight excluding hydrogens is 621 g/mol. The van der Waals surface area contributed by atoms with Gasteiger partial charge in [-0.05, 0) is 70.2 Å². The second kappa shape index (κ2) is 11.9. The number of nitrogens with zero attached hydrogens (tertiary/aromatic N) is 4. The minimum absolute atomic E-state index is 0.0757. The summed E-state index contributed by atoms with van der Waals surface area (Å²) in [6.07, 6.45) is 2.36. The topological polar surface area (TPSA) is 43.6 Å². The number of aromatic nitrogens is 4. The summed E-state index contributed by atoms with van der Waals surface area (Å²) in [5, 5.41) is 2.67. The van der Waals surface area contributed by atoms with Crippen molar-refractivity contribution < 1.29 is 0 Å². The summed E-state index contributed by atoms with van der Waals surface area (Å²) in [5.74, 6) is 1.94. The summed E-state index contributed by atoms with van der Waals surface area (Å²) in [4.78, 5) is 15.4. The van der Waals surface area contributed by atoms with E-state index in [4.69, 9.17) is 15.0 Å². The zero-order chi connectivity index (χ0) is 34.7. The number of benzene rings is 6. The number of rotatable bonds is 5. The highest BCUT2D eigenvalue weighted by Crippen LogP contribution is 2.50. The van der Waals surface area contributed by atoms with Crippen LogP contribution in [-0.2, 0) is 10.8 Å². The normalized spacial score (nSPS) is 14.8. The molecule has 51 heavy (non-hydrogen) atoms. The van der Waals surface area contributed by atoms with Crippen LogP contribution in [0.15, 0.2) is 146 Å². The predicted octanol–water partition coefficient (Wildman–Crippen LogP) is 12.0. The molecule has 1 aliphatic carbocycles. The molecule has 2 heterocycles. The van der Waals surface area contributed by atoms with Crippen LogP contribution >= 0.6 is 0 Å². The number of hydrogen-bond acceptors (Lipinski definition) is 3. The van der Waals surface area contributed by atoms with Crippen molar-refractivity contribution in [3.63, 3.8) is 0 Å². The number of hydrogen-bond donors (Lipinski definition) is 0. The third kappa shape index (κ3) is 5.25. The molecule has 0 fully saturated rings. The Morgan fingerprint density at radius 1 is 0.471 bits per heavy atom. The van der Waals surface area contributed by atoms with Crippen LogP contribution in [0.25, 0.3) is 72.8 Å². The molecule has 248 valence electrons. The minimum Gasteiger partial charge on any atom is -0.309 e. The molecule has 0 saturated heterocycles. The molecule has 0 N–H and O–H groups in total. The fourth-order valence-corrected chi connectivity index (χ4v) is 8.16. The van der Waals surface area contributed by atoms with E-state index in [1.807, 2.05) is 24.3 Å². The molecule has 0 radical (unpaired) electrons. The summed E-state index contributed by atoms with van der Waals surface area (Å²) in [5.41, 5.74) is 11.8. The average Bonchev–Trinajstić information content (AvgIpc) is 3.51. The Morgan fingerprint density at radius 3 is 1.82 bits per heavy atom. The maximum absolute atomic E-state index is 5.19. The van der Waals surface area contributed by atoms with Gasteiger partial charge in [-0.25, -0.2) is 15.0 Å². The molecule has 8 aromatic rings. The quantitative estimate of drug-likeness (QED) is 0.184. The third-order valence-corrected chi connectivity index (χ3v) is 10.9. The van der Waals surface area contributed by atoms with Crippen molar-refractivity contribution >= 4 is 21.8 Å². The molecule has 0 unspecified atom stereocenters. The maximum atomic E-state index is 5.19. The van der Waals surface area contributed by atoms with Crippen LogP contribution in [0.3, 0.4) is 0 Å². The zero-order valence-corrected chi connectivity index (χ0v) is 29.6. The zero-order valence-electron chi connectivity index (χ0n) is 29.6. The maximum Gasteiger partial charge on any atom is 0.164 e. The highest BCUT2D eigenvalue weighted by Gasteiger charge is 2.39. The van der Waals surface area contributed by atoms with Crippen molar-refractivity contribution in [2.24, 2.45) is 0 Å². The lowest BCUT2D eigenvalue weighted by Gasteiger charge is -2.42. The van der Waals surface area contributed by atoms with Gasteiger partial charge in [-0.15, -0.1) is 0 Å². The highest BCUT2D eigenvalue weighted by atomic mass is 15.0. The number of para-hydroxylation sites is 1. The molecule has 0 bridgehead atoms. The van der Waals surface area contributed by atoms with E-state index in [1.165, 1.54) is 45.8 Å². The first kappa shape index (κ1) is 31.1. The van der Waals surface area contributed by atoms with E-state index in [2.05, 4.69) is 154 Å². The smallest absolute Gasteiger partial charge is 0.164 e. The molecule has 9 rings (SSSR count). The standard InChI is InChI=1S/C47H40N4/c1-46(2)28-29-47(3,4)42-38(46)26-27-40-41(42)37-24-13-14-25-39(37)51(40)34-21-15-20-33(30-34)44-48-43(32-18-9-6-10-19-32)49-45(50-44)36-23-12-11-22-35(36)31-16-7-5-8-17-31/h5-27,30H,28-29H2,1-4H3. The third-order valence-electron chi connectivity index (χ3n) is 10.9. The summed E-state index contributed by atoms with van der Waals surface area (Å²) < 4.78 is 2.43. The van der Waals surface area contributed by atoms with Crippen molar-refractivity contribution in [2.45, 2.75) is 51.4 Å². The first-order chi connectivity index (χ1) is 24.8. The lowest BCUT2D eigenvalue weighted by Crippen LogP contribution is -2.34. The Bertz CT molecular complexity index is 2580. The average molecular weight is 661 g/mol. The van der Waals surface area contributed by atoms with Gasteiger partial charge in [0.25, 0.3) is 0 Å². The molecule has 0 atom stereocenters. The lowest BCUT2D eigenvalue weighted by molar-refractivity contribution is 0.334. The Balaban J connectivity index is 1.26. The van der Waals surface area contributed by atoms with Crippen molar-refractivity contribution in [1.82, 2.24) is 19.5 Å². The van der Waals surface area contributed by atoms with Gasteiger partial charge < -0.3 is 4.57 Å². The predicted molar refractivity (Wildman–Crippen MR) is 211 cm³/mol. The molecule has 1 aliphatic rings. The van der Waals surface area contributed by atoms with E-state index in [9.17, 15) is 0 Å². The molecule has 2 aromatic heterocycles. The largest absolute Gasteiger partial charge is 0.309 e. The fourth-order valence-electron chi connectivity index (χ4n) is 8.16. The van der Waals surface area contributed by atoms with E-state index in [-0.39, 0.29) is 10.8 Å². The van der Waals surface area contributed by atoms with Gasteiger partial charge in [0, 0.05) is 33.2 Å². The van der Waals surface area contributed by atoms with Crippen molar-refractivity contribution in [3.05, 3.63) is 157 Å². The van der Waals surface area contributed by atoms with Crippen LogP contribution < -0.4 is 0 Å². The van der Waals surface area contributed by atoms with Gasteiger partial charge in [-0.2, -0.15) is 0 Å². The summed E-state index contributed by atoms with van der Waals surface area (Å²) in [6.45, 7) is 9.65. The second-order valence-corrected chi connectivity index (χ2v) is 15.1. The summed E-state index contributed by atoms with van der Waals surface area (Å²) in [7, 11) is 0. The van der Waals surface area contributed by atoms with Gasteiger partial charge >= 0.3 is 0 Å². The SMILES string of the molecule is CC1(C)CCC(C)(C)c2c1ccc1c2c2ccccc2n1-c1cccc(-c2nc(-c3ccccc3)nc(-c3ccccc3-c3ccccc3)n2)c1. The van der Waals surface area contributed by atoms with Crippen LogP contribution in [0.2, 0.25) is 0 Å². The van der Waals surface area contributed by atoms with E-state index < -0.39 is 0 Å². The molecule has 0 amide bonds. The Labute approximate surface area is 299 Å². The van der Waals surface area contributed by atoms with Crippen LogP contribution in [0.5, 0.6) is 0 Å². The van der Waals surface area contributed by atoms with Gasteiger partial charge in [0.05, 0.1) is 11.0 Å². The Kier molecular flexibility index (Phi) is 7.25. The Hall–Kier alpha value is -5.87. The number of fused-ring (bicyclic) bond motifs is 5. The molecule has 4 heteroatoms. The van der Waals surface area contributed by atoms with E-state index >= 15 is 0 Å². The van der Waals surface area contributed by atoms with Gasteiger partial charge in [-0.1, -0.05) is 149 Å². The monoisotopic (exact) mass is 660 g/mol. The molecule has 0 spiro atoms. The van der Waals surface area contributed by atoms with Gasteiger partial charge in [0.15, 0.2) is 17.5 Å². The first-order valence-corrected chi connectivity index (χ1v) is 17.9. The van der Waals surface area contributed by atoms with Crippen molar-refractivity contribution in [1.29, 1.82) is 0 Å². The molecule has 6 aromatic carbocycles. The summed E-state index contributed by atoms with van der Waals surface area (Å²) in [6, 6.07) is 51.3. The molecular formula is C47H40N4. The minimum atomic E-state index is 0.0757. The molecule has 0 aliphatic heterocycles. The van der Waals surface area contributed by atoms with Crippen LogP contribution in [0.1, 0.15) is 51.7 Å². The first-order valence-electron chi connectivity index (χ1n) is 17.9. The van der Waals surface area contributed by atoms with E-state index in [0.29, 0.717) is 17.5 Å². The fraction of sp³-hybridized carbons (Fsp3) is 0.170. The van der Waals surface area contributed by atoms with E-state index in [0.717, 1.165) is 33.5 Å². The highest BCUT2D eigenvalue weighted by molar-refractivity contribution is 6.12. The van der Waals surface area contributed by atoms with Gasteiger partial charge in [0.1, 0.15) is 0 Å². The molecule has 4 nitrogen and oxygen atoms in total. The van der Waals surface area contributed by atoms with Crippen LogP contribution in [0, 0.1) is 0 Å². The van der Waals surface area contributed by atoms with Crippen LogP contribution in [0.4, 0.5) is 0 Å². The van der Waals surface area contributed by atoms with Crippen LogP contribution in [-0.4, -0.2) is 19.5 Å². The lowest BCUT2D eigenvalue weighted by atomic mass is 9.62. The van der Waals surface area contributed by atoms with Crippen molar-refractivity contribution in [2.75, 3.05) is 0 Å². The second-order valence-electron chi connectivity index (χ2n) is 15.1. The summed E-state index contributed by atoms with van der Waals surface area (Å²) >= 11 is 0.